The topological polar surface area (TPSA) is 49.7 Å². The van der Waals surface area contributed by atoms with Gasteiger partial charge in [-0.1, -0.05) is 12.1 Å². The zero-order chi connectivity index (χ0) is 14.7. The molecule has 0 saturated heterocycles. The zero-order valence-corrected chi connectivity index (χ0v) is 10.2. The summed E-state index contributed by atoms with van der Waals surface area (Å²) in [6.45, 7) is -0.311. The predicted molar refractivity (Wildman–Crippen MR) is 66.9 cm³/mol. The maximum atomic E-state index is 13.4. The molecule has 0 unspecified atom stereocenters. The van der Waals surface area contributed by atoms with Crippen molar-refractivity contribution >= 4 is 12.6 Å². The SMILES string of the molecule is OB(O)c1cc(F)cc(OCc2cccc(F)c2F)c1. The second kappa shape index (κ2) is 5.98. The molecule has 2 aromatic rings. The minimum absolute atomic E-state index is 0.0169. The van der Waals surface area contributed by atoms with Gasteiger partial charge in [0.05, 0.1) is 0 Å². The summed E-state index contributed by atoms with van der Waals surface area (Å²) in [4.78, 5) is 0. The Kier molecular flexibility index (Phi) is 4.31. The number of ether oxygens (including phenoxy) is 1. The first-order valence-corrected chi connectivity index (χ1v) is 5.69. The molecule has 0 saturated carbocycles. The van der Waals surface area contributed by atoms with Crippen LogP contribution < -0.4 is 10.2 Å². The zero-order valence-electron chi connectivity index (χ0n) is 10.2. The second-order valence-electron chi connectivity index (χ2n) is 4.10. The molecule has 2 rings (SSSR count). The summed E-state index contributed by atoms with van der Waals surface area (Å²) in [5.74, 6) is -2.79. The minimum atomic E-state index is -1.85. The highest BCUT2D eigenvalue weighted by atomic mass is 19.2. The van der Waals surface area contributed by atoms with E-state index in [0.29, 0.717) is 0 Å². The van der Waals surface area contributed by atoms with Crippen LogP contribution >= 0.6 is 0 Å². The average Bonchev–Trinajstić information content (AvgIpc) is 2.40. The minimum Gasteiger partial charge on any atom is -0.489 e. The Morgan fingerprint density at radius 2 is 1.80 bits per heavy atom. The quantitative estimate of drug-likeness (QED) is 0.832. The number of rotatable bonds is 4. The summed E-state index contributed by atoms with van der Waals surface area (Å²) in [7, 11) is -1.85. The number of hydrogen-bond acceptors (Lipinski definition) is 3. The van der Waals surface area contributed by atoms with Gasteiger partial charge in [0.25, 0.3) is 0 Å². The van der Waals surface area contributed by atoms with Gasteiger partial charge in [-0.2, -0.15) is 0 Å². The average molecular weight is 282 g/mol. The van der Waals surface area contributed by atoms with E-state index in [1.54, 1.807) is 0 Å². The summed E-state index contributed by atoms with van der Waals surface area (Å²) in [5.41, 5.74) is -0.125. The molecule has 20 heavy (non-hydrogen) atoms. The monoisotopic (exact) mass is 282 g/mol. The van der Waals surface area contributed by atoms with Crippen LogP contribution in [0.1, 0.15) is 5.56 Å². The third-order valence-corrected chi connectivity index (χ3v) is 2.62. The Morgan fingerprint density at radius 3 is 2.50 bits per heavy atom. The Hall–Kier alpha value is -1.99. The van der Waals surface area contributed by atoms with Gasteiger partial charge in [0.2, 0.25) is 0 Å². The lowest BCUT2D eigenvalue weighted by Gasteiger charge is -2.09. The smallest absolute Gasteiger partial charge is 0.488 e. The number of hydrogen-bond donors (Lipinski definition) is 2. The molecular formula is C13H10BF3O3. The summed E-state index contributed by atoms with van der Waals surface area (Å²) in [5, 5.41) is 17.9. The first kappa shape index (κ1) is 14.4. The van der Waals surface area contributed by atoms with Crippen LogP contribution in [0.15, 0.2) is 36.4 Å². The highest BCUT2D eigenvalue weighted by Gasteiger charge is 2.14. The molecule has 0 aliphatic rings. The van der Waals surface area contributed by atoms with Crippen LogP contribution in [0.5, 0.6) is 5.75 Å². The highest BCUT2D eigenvalue weighted by Crippen LogP contribution is 2.16. The molecule has 0 aliphatic carbocycles. The lowest BCUT2D eigenvalue weighted by Crippen LogP contribution is -2.30. The van der Waals surface area contributed by atoms with Crippen molar-refractivity contribution in [1.29, 1.82) is 0 Å². The van der Waals surface area contributed by atoms with E-state index in [0.717, 1.165) is 18.2 Å². The lowest BCUT2D eigenvalue weighted by molar-refractivity contribution is 0.296. The predicted octanol–water partition coefficient (Wildman–Crippen LogP) is 1.36. The molecule has 0 aliphatic heterocycles. The molecule has 7 heteroatoms. The van der Waals surface area contributed by atoms with Crippen molar-refractivity contribution in [3.63, 3.8) is 0 Å². The van der Waals surface area contributed by atoms with Crippen molar-refractivity contribution in [3.8, 4) is 5.75 Å². The normalized spacial score (nSPS) is 10.4. The van der Waals surface area contributed by atoms with E-state index in [1.165, 1.54) is 18.2 Å². The van der Waals surface area contributed by atoms with E-state index in [1.807, 2.05) is 0 Å². The fourth-order valence-corrected chi connectivity index (χ4v) is 1.64. The fraction of sp³-hybridized carbons (Fsp3) is 0.0769. The molecule has 0 spiro atoms. The van der Waals surface area contributed by atoms with Crippen LogP contribution in [0.3, 0.4) is 0 Å². The Bertz CT molecular complexity index is 620. The van der Waals surface area contributed by atoms with Crippen LogP contribution in [0.4, 0.5) is 13.2 Å². The Labute approximate surface area is 113 Å². The molecule has 0 atom stereocenters. The van der Waals surface area contributed by atoms with Crippen molar-refractivity contribution in [2.75, 3.05) is 0 Å². The van der Waals surface area contributed by atoms with Crippen LogP contribution in [-0.4, -0.2) is 17.2 Å². The largest absolute Gasteiger partial charge is 0.489 e. The fourth-order valence-electron chi connectivity index (χ4n) is 1.64. The number of halogens is 3. The van der Waals surface area contributed by atoms with Gasteiger partial charge in [0.1, 0.15) is 18.2 Å². The van der Waals surface area contributed by atoms with Gasteiger partial charge in [-0.05, 0) is 23.7 Å². The molecule has 0 amide bonds. The third kappa shape index (κ3) is 3.31. The molecule has 0 radical (unpaired) electrons. The lowest BCUT2D eigenvalue weighted by atomic mass is 9.80. The first-order chi connectivity index (χ1) is 9.47. The molecule has 0 heterocycles. The van der Waals surface area contributed by atoms with Crippen molar-refractivity contribution in [1.82, 2.24) is 0 Å². The van der Waals surface area contributed by atoms with Crippen molar-refractivity contribution in [2.24, 2.45) is 0 Å². The van der Waals surface area contributed by atoms with E-state index in [2.05, 4.69) is 0 Å². The molecule has 0 fully saturated rings. The van der Waals surface area contributed by atoms with E-state index in [-0.39, 0.29) is 23.4 Å². The van der Waals surface area contributed by atoms with Crippen LogP contribution in [0.25, 0.3) is 0 Å². The second-order valence-corrected chi connectivity index (χ2v) is 4.10. The van der Waals surface area contributed by atoms with Crippen LogP contribution in [0.2, 0.25) is 0 Å². The summed E-state index contributed by atoms with van der Waals surface area (Å²) >= 11 is 0. The number of benzene rings is 2. The molecule has 0 aromatic heterocycles. The van der Waals surface area contributed by atoms with Crippen molar-refractivity contribution in [3.05, 3.63) is 59.4 Å². The van der Waals surface area contributed by atoms with Gasteiger partial charge in [-0.25, -0.2) is 13.2 Å². The van der Waals surface area contributed by atoms with E-state index in [4.69, 9.17) is 14.8 Å². The summed E-state index contributed by atoms with van der Waals surface area (Å²) in [6, 6.07) is 6.76. The maximum Gasteiger partial charge on any atom is 0.488 e. The summed E-state index contributed by atoms with van der Waals surface area (Å²) < 4.78 is 44.7. The van der Waals surface area contributed by atoms with Gasteiger partial charge < -0.3 is 14.8 Å². The van der Waals surface area contributed by atoms with Gasteiger partial charge >= 0.3 is 7.12 Å². The standard InChI is InChI=1S/C13H10BF3O3/c15-10-4-9(14(18)19)5-11(6-10)20-7-8-2-1-3-12(16)13(8)17/h1-6,18-19H,7H2. The van der Waals surface area contributed by atoms with Crippen molar-refractivity contribution < 1.29 is 28.0 Å². The van der Waals surface area contributed by atoms with Crippen LogP contribution in [0, 0.1) is 17.5 Å². The van der Waals surface area contributed by atoms with E-state index >= 15 is 0 Å². The summed E-state index contributed by atoms with van der Waals surface area (Å²) in [6.07, 6.45) is 0. The van der Waals surface area contributed by atoms with E-state index in [9.17, 15) is 13.2 Å². The molecular weight excluding hydrogens is 272 g/mol. The molecule has 2 N–H and O–H groups in total. The molecule has 2 aromatic carbocycles. The maximum absolute atomic E-state index is 13.4. The van der Waals surface area contributed by atoms with Gasteiger partial charge in [0.15, 0.2) is 11.6 Å². The van der Waals surface area contributed by atoms with Crippen molar-refractivity contribution in [2.45, 2.75) is 6.61 Å². The highest BCUT2D eigenvalue weighted by molar-refractivity contribution is 6.58. The first-order valence-electron chi connectivity index (χ1n) is 5.69. The molecule has 3 nitrogen and oxygen atoms in total. The Morgan fingerprint density at radius 1 is 1.05 bits per heavy atom. The van der Waals surface area contributed by atoms with Gasteiger partial charge in [-0.15, -0.1) is 0 Å². The van der Waals surface area contributed by atoms with E-state index < -0.39 is 24.6 Å². The van der Waals surface area contributed by atoms with Gasteiger partial charge in [-0.3, -0.25) is 0 Å². The third-order valence-electron chi connectivity index (χ3n) is 2.62. The molecule has 104 valence electrons. The van der Waals surface area contributed by atoms with Crippen LogP contribution in [-0.2, 0) is 6.61 Å². The van der Waals surface area contributed by atoms with Gasteiger partial charge in [0, 0.05) is 11.6 Å². The molecule has 0 bridgehead atoms. The Balaban J connectivity index is 2.16.